The average molecular weight is 542 g/mol. The van der Waals surface area contributed by atoms with Crippen molar-refractivity contribution in [2.75, 3.05) is 20.3 Å². The normalized spacial score (nSPS) is 30.1. The number of methoxy groups -OCH3 is 1. The van der Waals surface area contributed by atoms with E-state index in [0.717, 1.165) is 5.57 Å². The van der Waals surface area contributed by atoms with E-state index in [9.17, 15) is 34.8 Å². The third kappa shape index (κ3) is 7.19. The first-order chi connectivity index (χ1) is 17.8. The third-order valence-corrected chi connectivity index (χ3v) is 7.77. The molecule has 0 aliphatic carbocycles. The monoisotopic (exact) mass is 541 g/mol. The van der Waals surface area contributed by atoms with E-state index in [0.29, 0.717) is 19.4 Å². The summed E-state index contributed by atoms with van der Waals surface area (Å²) in [5.41, 5.74) is 5.94. The molecule has 0 aromatic heterocycles. The van der Waals surface area contributed by atoms with Crippen LogP contribution in [-0.4, -0.2) is 99.6 Å². The number of nitrogens with zero attached hydrogens (tertiary/aromatic N) is 1. The minimum absolute atomic E-state index is 0.0205. The largest absolute Gasteiger partial charge is 0.396 e. The summed E-state index contributed by atoms with van der Waals surface area (Å²) in [6.07, 6.45) is -0.986. The van der Waals surface area contributed by atoms with Crippen LogP contribution in [0.3, 0.4) is 0 Å². The molecule has 9 atom stereocenters. The van der Waals surface area contributed by atoms with Gasteiger partial charge in [0.1, 0.15) is 0 Å². The quantitative estimate of drug-likeness (QED) is 0.171. The van der Waals surface area contributed by atoms with Crippen molar-refractivity contribution in [2.45, 2.75) is 82.7 Å². The first kappa shape index (κ1) is 31.9. The molecule has 3 amide bonds. The van der Waals surface area contributed by atoms with Crippen LogP contribution in [-0.2, 0) is 23.9 Å². The second kappa shape index (κ2) is 13.6. The highest BCUT2D eigenvalue weighted by Crippen LogP contribution is 2.38. The van der Waals surface area contributed by atoms with Crippen LogP contribution in [0.4, 0.5) is 0 Å². The molecule has 2 aliphatic rings. The molecule has 0 bridgehead atoms. The zero-order valence-corrected chi connectivity index (χ0v) is 22.6. The molecule has 2 saturated heterocycles. The summed E-state index contributed by atoms with van der Waals surface area (Å²) >= 11 is 0. The van der Waals surface area contributed by atoms with Crippen molar-refractivity contribution >= 4 is 17.7 Å². The second-order valence-electron chi connectivity index (χ2n) is 10.3. The van der Waals surface area contributed by atoms with Gasteiger partial charge >= 0.3 is 0 Å². The summed E-state index contributed by atoms with van der Waals surface area (Å²) < 4.78 is 11.3. The Bertz CT molecular complexity index is 897. The minimum atomic E-state index is -1.69. The van der Waals surface area contributed by atoms with E-state index in [-0.39, 0.29) is 24.9 Å². The predicted molar refractivity (Wildman–Crippen MR) is 137 cm³/mol. The summed E-state index contributed by atoms with van der Waals surface area (Å²) in [5, 5.41) is 44.1. The van der Waals surface area contributed by atoms with Crippen LogP contribution in [0.25, 0.3) is 0 Å². The number of aliphatic hydroxyl groups is 4. The number of rotatable bonds is 12. The smallest absolute Gasteiger partial charge is 0.258 e. The van der Waals surface area contributed by atoms with Gasteiger partial charge in [0.05, 0.1) is 43.3 Å². The van der Waals surface area contributed by atoms with Gasteiger partial charge in [-0.1, -0.05) is 32.1 Å². The van der Waals surface area contributed by atoms with Crippen molar-refractivity contribution in [1.82, 2.24) is 10.2 Å². The maximum Gasteiger partial charge on any atom is 0.258 e. The number of ether oxygens (including phenoxy) is 2. The van der Waals surface area contributed by atoms with Crippen molar-refractivity contribution in [2.24, 2.45) is 23.5 Å². The Morgan fingerprint density at radius 1 is 1.32 bits per heavy atom. The van der Waals surface area contributed by atoms with E-state index in [1.807, 2.05) is 6.92 Å². The van der Waals surface area contributed by atoms with Crippen molar-refractivity contribution in [3.8, 4) is 0 Å². The van der Waals surface area contributed by atoms with E-state index < -0.39 is 66.3 Å². The Balaban J connectivity index is 2.02. The first-order valence-electron chi connectivity index (χ1n) is 12.9. The van der Waals surface area contributed by atoms with Crippen molar-refractivity contribution in [3.63, 3.8) is 0 Å². The SMILES string of the molecule is C=C1C[C@](OC)([C@@H](O)C(=O)N/C=C/[C@@H](CO)[C@@H](O)[C@@H](C)C(=O)N2CCC[C@H]2[C@H](O)CC(N)=O)O[C@H](C)[C@@H]1C. The molecule has 2 heterocycles. The molecule has 2 fully saturated rings. The standard InChI is InChI=1S/C26H43N3O9/c1-14-12-26(37-5,38-17(4)15(14)2)23(34)24(35)28-9-8-18(13-30)22(33)16(3)25(36)29-10-6-7-19(29)20(31)11-21(27)32/h8-9,15-20,22-23,30-31,33-34H,1,6-7,10-13H2,2-5H3,(H2,27,32)(H,28,35)/b9-8+/t15-,16-,17-,18+,19+,20-,22+,23+,26-/m1/s1. The van der Waals surface area contributed by atoms with Crippen molar-refractivity contribution in [3.05, 3.63) is 24.4 Å². The minimum Gasteiger partial charge on any atom is -0.396 e. The first-order valence-corrected chi connectivity index (χ1v) is 12.9. The second-order valence-corrected chi connectivity index (χ2v) is 10.3. The summed E-state index contributed by atoms with van der Waals surface area (Å²) in [7, 11) is 1.33. The topological polar surface area (TPSA) is 192 Å². The summed E-state index contributed by atoms with van der Waals surface area (Å²) in [6.45, 7) is 9.06. The molecule has 2 aliphatic heterocycles. The molecule has 216 valence electrons. The highest BCUT2D eigenvalue weighted by Gasteiger charge is 2.49. The Kier molecular flexibility index (Phi) is 11.4. The highest BCUT2D eigenvalue weighted by atomic mass is 16.7. The van der Waals surface area contributed by atoms with Crippen LogP contribution in [0.15, 0.2) is 24.4 Å². The molecule has 0 aromatic carbocycles. The Hall–Kier alpha value is -2.35. The zero-order chi connectivity index (χ0) is 28.8. The Morgan fingerprint density at radius 3 is 2.53 bits per heavy atom. The number of likely N-dealkylation sites (tertiary alicyclic amines) is 1. The van der Waals surface area contributed by atoms with Crippen molar-refractivity contribution < 1.29 is 44.3 Å². The number of aliphatic hydroxyl groups excluding tert-OH is 4. The fourth-order valence-corrected chi connectivity index (χ4v) is 5.06. The fraction of sp³-hybridized carbons (Fsp3) is 0.731. The lowest BCUT2D eigenvalue weighted by Gasteiger charge is -2.44. The maximum atomic E-state index is 13.1. The molecule has 0 radical (unpaired) electrons. The number of amides is 3. The number of carbonyl (C=O) groups is 3. The summed E-state index contributed by atoms with van der Waals surface area (Å²) in [4.78, 5) is 38.4. The number of hydrogen-bond donors (Lipinski definition) is 6. The molecule has 38 heavy (non-hydrogen) atoms. The molecule has 12 heteroatoms. The number of primary amides is 1. The van der Waals surface area contributed by atoms with E-state index in [2.05, 4.69) is 11.9 Å². The van der Waals surface area contributed by atoms with Crippen LogP contribution in [0, 0.1) is 17.8 Å². The van der Waals surface area contributed by atoms with Gasteiger partial charge in [-0.05, 0) is 19.8 Å². The lowest BCUT2D eigenvalue weighted by Crippen LogP contribution is -2.58. The lowest BCUT2D eigenvalue weighted by atomic mass is 9.85. The summed E-state index contributed by atoms with van der Waals surface area (Å²) in [6, 6.07) is -0.592. The number of carbonyl (C=O) groups excluding carboxylic acids is 3. The Labute approximate surface area is 223 Å². The van der Waals surface area contributed by atoms with Crippen LogP contribution in [0.2, 0.25) is 0 Å². The lowest BCUT2D eigenvalue weighted by molar-refractivity contribution is -0.297. The van der Waals surface area contributed by atoms with E-state index in [1.165, 1.54) is 31.2 Å². The van der Waals surface area contributed by atoms with E-state index in [4.69, 9.17) is 15.2 Å². The zero-order valence-electron chi connectivity index (χ0n) is 22.6. The molecule has 0 spiro atoms. The average Bonchev–Trinajstić information content (AvgIpc) is 3.37. The van der Waals surface area contributed by atoms with E-state index >= 15 is 0 Å². The van der Waals surface area contributed by atoms with E-state index in [1.54, 1.807) is 6.92 Å². The van der Waals surface area contributed by atoms with Gasteiger partial charge in [-0.15, -0.1) is 0 Å². The van der Waals surface area contributed by atoms with Crippen LogP contribution >= 0.6 is 0 Å². The highest BCUT2D eigenvalue weighted by molar-refractivity contribution is 5.82. The predicted octanol–water partition coefficient (Wildman–Crippen LogP) is -0.846. The van der Waals surface area contributed by atoms with Crippen LogP contribution in [0.1, 0.15) is 46.5 Å². The molecule has 0 aromatic rings. The molecular formula is C26H43N3O9. The number of hydrogen-bond acceptors (Lipinski definition) is 9. The Morgan fingerprint density at radius 2 is 1.97 bits per heavy atom. The molecule has 2 rings (SSSR count). The van der Waals surface area contributed by atoms with Crippen molar-refractivity contribution in [1.29, 1.82) is 0 Å². The van der Waals surface area contributed by atoms with Crippen LogP contribution in [0.5, 0.6) is 0 Å². The molecule has 7 N–H and O–H groups in total. The number of nitrogens with one attached hydrogen (secondary N) is 1. The van der Waals surface area contributed by atoms with Gasteiger partial charge in [0, 0.05) is 38.1 Å². The third-order valence-electron chi connectivity index (χ3n) is 7.77. The fourth-order valence-electron chi connectivity index (χ4n) is 5.06. The van der Waals surface area contributed by atoms with Gasteiger partial charge in [0.2, 0.25) is 17.6 Å². The van der Waals surface area contributed by atoms with Crippen LogP contribution < -0.4 is 11.1 Å². The van der Waals surface area contributed by atoms with Gasteiger partial charge in [0.15, 0.2) is 6.10 Å². The van der Waals surface area contributed by atoms with Gasteiger partial charge in [0.25, 0.3) is 5.91 Å². The summed E-state index contributed by atoms with van der Waals surface area (Å²) in [5.74, 6) is -5.41. The molecular weight excluding hydrogens is 498 g/mol. The molecule has 0 unspecified atom stereocenters. The van der Waals surface area contributed by atoms with Gasteiger partial charge < -0.3 is 45.9 Å². The van der Waals surface area contributed by atoms with Gasteiger partial charge in [-0.25, -0.2) is 0 Å². The van der Waals surface area contributed by atoms with Gasteiger partial charge in [-0.2, -0.15) is 0 Å². The molecule has 0 saturated carbocycles. The van der Waals surface area contributed by atoms with Gasteiger partial charge in [-0.3, -0.25) is 14.4 Å². The number of nitrogens with two attached hydrogens (primary N) is 1. The maximum absolute atomic E-state index is 13.1. The molecule has 12 nitrogen and oxygen atoms in total.